The molecule has 2 amide bonds. The van der Waals surface area contributed by atoms with E-state index in [0.717, 1.165) is 16.7 Å². The molecule has 3 rings (SSSR count). The number of sulfonamides is 1. The number of hydrogen-bond donors (Lipinski definition) is 4. The lowest BCUT2D eigenvalue weighted by molar-refractivity contribution is -0.146. The molecule has 2 aromatic carbocycles. The number of ether oxygens (including phenoxy) is 1. The number of thioether (sulfide) groups is 1. The van der Waals surface area contributed by atoms with Crippen LogP contribution in [0, 0.1) is 0 Å². The Balaban J connectivity index is 1.75. The number of primary sulfonamides is 1. The number of halogens is 1. The number of aliphatic carboxylic acids is 2. The van der Waals surface area contributed by atoms with Crippen molar-refractivity contribution in [2.45, 2.75) is 23.8 Å². The van der Waals surface area contributed by atoms with Crippen molar-refractivity contribution >= 4 is 89.8 Å². The third-order valence-corrected chi connectivity index (χ3v) is 7.89. The summed E-state index contributed by atoms with van der Waals surface area (Å²) in [4.78, 5) is 48.9. The summed E-state index contributed by atoms with van der Waals surface area (Å²) in [7, 11) is -3.88. The molecule has 1 aliphatic rings. The van der Waals surface area contributed by atoms with E-state index in [9.17, 15) is 32.7 Å². The Bertz CT molecular complexity index is 1480. The first-order valence-corrected chi connectivity index (χ1v) is 14.4. The van der Waals surface area contributed by atoms with Crippen LogP contribution in [0.15, 0.2) is 56.7 Å². The molecule has 1 heterocycles. The van der Waals surface area contributed by atoms with Crippen molar-refractivity contribution in [3.63, 3.8) is 0 Å². The zero-order chi connectivity index (χ0) is 28.9. The van der Waals surface area contributed by atoms with Crippen LogP contribution < -0.4 is 15.2 Å². The van der Waals surface area contributed by atoms with Gasteiger partial charge >= 0.3 is 11.9 Å². The first kappa shape index (κ1) is 30.2. The summed E-state index contributed by atoms with van der Waals surface area (Å²) in [6, 6.07) is 8.59. The Labute approximate surface area is 240 Å². The van der Waals surface area contributed by atoms with E-state index < -0.39 is 52.8 Å². The molecule has 206 valence electrons. The monoisotopic (exact) mass is 657 g/mol. The normalized spacial score (nSPS) is 15.3. The SMILES string of the molecule is NS(=O)(=O)c1ccc(NC(=O)COc2ccc(Br)cc2/C=C2\SC(=S)N(C(CCC(=O)O)C(=O)O)C2=O)cc1. The molecule has 1 fully saturated rings. The molecule has 1 atom stereocenters. The summed E-state index contributed by atoms with van der Waals surface area (Å²) in [5.41, 5.74) is 0.694. The number of nitrogens with two attached hydrogens (primary N) is 1. The Morgan fingerprint density at radius 3 is 2.44 bits per heavy atom. The topological polar surface area (TPSA) is 193 Å². The maximum atomic E-state index is 13.0. The molecule has 16 heteroatoms. The summed E-state index contributed by atoms with van der Waals surface area (Å²) >= 11 is 9.39. The fourth-order valence-corrected chi connectivity index (χ4v) is 5.59. The summed E-state index contributed by atoms with van der Waals surface area (Å²) in [5, 5.41) is 26.1. The molecule has 0 radical (unpaired) electrons. The van der Waals surface area contributed by atoms with Crippen molar-refractivity contribution in [1.29, 1.82) is 0 Å². The van der Waals surface area contributed by atoms with Crippen LogP contribution in [0.4, 0.5) is 5.69 Å². The fourth-order valence-electron chi connectivity index (χ4n) is 3.34. The molecule has 0 aromatic heterocycles. The minimum absolute atomic E-state index is 0.0330. The molecule has 12 nitrogen and oxygen atoms in total. The second kappa shape index (κ2) is 12.7. The Morgan fingerprint density at radius 2 is 1.85 bits per heavy atom. The predicted molar refractivity (Wildman–Crippen MR) is 149 cm³/mol. The molecular formula is C23H20BrN3O9S3. The highest BCUT2D eigenvalue weighted by molar-refractivity contribution is 9.10. The number of benzene rings is 2. The van der Waals surface area contributed by atoms with Crippen LogP contribution in [0.1, 0.15) is 18.4 Å². The number of carbonyl (C=O) groups is 4. The van der Waals surface area contributed by atoms with Gasteiger partial charge in [0.2, 0.25) is 10.0 Å². The average Bonchev–Trinajstić information content (AvgIpc) is 3.11. The van der Waals surface area contributed by atoms with Crippen LogP contribution in [0.25, 0.3) is 6.08 Å². The van der Waals surface area contributed by atoms with Gasteiger partial charge in [-0.3, -0.25) is 19.3 Å². The van der Waals surface area contributed by atoms with Crippen molar-refractivity contribution in [3.8, 4) is 5.75 Å². The van der Waals surface area contributed by atoms with Gasteiger partial charge in [0.1, 0.15) is 16.1 Å². The zero-order valence-electron chi connectivity index (χ0n) is 19.7. The number of thiocarbonyl (C=S) groups is 1. The molecule has 0 saturated carbocycles. The molecule has 0 bridgehead atoms. The standard InChI is InChI=1S/C23H20BrN3O9S3/c24-13-1-7-17(36-11-19(28)26-14-2-4-15(5-3-14)39(25,34)35)12(9-13)10-18-21(31)27(23(37)38-18)16(22(32)33)6-8-20(29)30/h1-5,7,9-10,16H,6,8,11H2,(H,26,28)(H,29,30)(H,32,33)(H2,25,34,35)/b18-10-. The smallest absolute Gasteiger partial charge is 0.326 e. The summed E-state index contributed by atoms with van der Waals surface area (Å²) in [6.45, 7) is -0.434. The molecular weight excluding hydrogens is 638 g/mol. The largest absolute Gasteiger partial charge is 0.483 e. The second-order valence-corrected chi connectivity index (χ2v) is 12.1. The van der Waals surface area contributed by atoms with Gasteiger partial charge in [-0.05, 0) is 55.0 Å². The van der Waals surface area contributed by atoms with Gasteiger partial charge in [0.15, 0.2) is 6.61 Å². The van der Waals surface area contributed by atoms with Gasteiger partial charge in [0, 0.05) is 22.1 Å². The fraction of sp³-hybridized carbons (Fsp3) is 0.174. The number of hydrogen-bond acceptors (Lipinski definition) is 9. The average molecular weight is 659 g/mol. The summed E-state index contributed by atoms with van der Waals surface area (Å²) in [6.07, 6.45) is 0.643. The van der Waals surface area contributed by atoms with E-state index in [1.165, 1.54) is 30.3 Å². The number of carbonyl (C=O) groups excluding carboxylic acids is 2. The molecule has 1 saturated heterocycles. The van der Waals surface area contributed by atoms with Gasteiger partial charge in [0.05, 0.1) is 9.80 Å². The van der Waals surface area contributed by atoms with E-state index in [1.807, 2.05) is 0 Å². The second-order valence-electron chi connectivity index (χ2n) is 7.93. The first-order chi connectivity index (χ1) is 18.3. The quantitative estimate of drug-likeness (QED) is 0.205. The molecule has 0 aliphatic carbocycles. The van der Waals surface area contributed by atoms with Gasteiger partial charge in [-0.1, -0.05) is 39.9 Å². The van der Waals surface area contributed by atoms with E-state index in [2.05, 4.69) is 21.2 Å². The molecule has 5 N–H and O–H groups in total. The molecule has 1 aliphatic heterocycles. The summed E-state index contributed by atoms with van der Waals surface area (Å²) in [5.74, 6) is -3.62. The van der Waals surface area contributed by atoms with Crippen LogP contribution in [-0.4, -0.2) is 64.3 Å². The van der Waals surface area contributed by atoms with Crippen molar-refractivity contribution in [1.82, 2.24) is 4.90 Å². The van der Waals surface area contributed by atoms with Crippen LogP contribution in [0.2, 0.25) is 0 Å². The number of anilines is 1. The van der Waals surface area contributed by atoms with Crippen LogP contribution in [0.5, 0.6) is 5.75 Å². The lowest BCUT2D eigenvalue weighted by Gasteiger charge is -2.22. The van der Waals surface area contributed by atoms with Gasteiger partial charge in [0.25, 0.3) is 11.8 Å². The van der Waals surface area contributed by atoms with Crippen LogP contribution in [-0.2, 0) is 29.2 Å². The molecule has 2 aromatic rings. The van der Waals surface area contributed by atoms with Crippen molar-refractivity contribution in [3.05, 3.63) is 57.4 Å². The first-order valence-electron chi connectivity index (χ1n) is 10.8. The number of carboxylic acid groups (broad SMARTS) is 2. The Hall–Kier alpha value is -3.31. The highest BCUT2D eigenvalue weighted by atomic mass is 79.9. The van der Waals surface area contributed by atoms with E-state index in [-0.39, 0.29) is 26.3 Å². The van der Waals surface area contributed by atoms with Crippen LogP contribution in [0.3, 0.4) is 0 Å². The van der Waals surface area contributed by atoms with Gasteiger partial charge < -0.3 is 20.3 Å². The van der Waals surface area contributed by atoms with Crippen molar-refractivity contribution in [2.24, 2.45) is 5.14 Å². The summed E-state index contributed by atoms with van der Waals surface area (Å²) < 4.78 is 28.9. The number of nitrogens with zero attached hydrogens (tertiary/aromatic N) is 1. The van der Waals surface area contributed by atoms with E-state index in [4.69, 9.17) is 27.2 Å². The van der Waals surface area contributed by atoms with E-state index in [0.29, 0.717) is 15.7 Å². The Kier molecular flexibility index (Phi) is 9.84. The number of nitrogens with one attached hydrogen (secondary N) is 1. The maximum Gasteiger partial charge on any atom is 0.326 e. The maximum absolute atomic E-state index is 13.0. The lowest BCUT2D eigenvalue weighted by Crippen LogP contribution is -2.44. The lowest BCUT2D eigenvalue weighted by atomic mass is 10.1. The highest BCUT2D eigenvalue weighted by Gasteiger charge is 2.40. The van der Waals surface area contributed by atoms with E-state index >= 15 is 0 Å². The van der Waals surface area contributed by atoms with Crippen LogP contribution >= 0.6 is 39.9 Å². The Morgan fingerprint density at radius 1 is 1.18 bits per heavy atom. The van der Waals surface area contributed by atoms with Gasteiger partial charge in [-0.2, -0.15) is 0 Å². The molecule has 1 unspecified atom stereocenters. The van der Waals surface area contributed by atoms with Crippen molar-refractivity contribution < 1.29 is 42.5 Å². The van der Waals surface area contributed by atoms with Gasteiger partial charge in [-0.25, -0.2) is 18.4 Å². The predicted octanol–water partition coefficient (Wildman–Crippen LogP) is 2.63. The minimum Gasteiger partial charge on any atom is -0.483 e. The number of amides is 2. The number of rotatable bonds is 11. The highest BCUT2D eigenvalue weighted by Crippen LogP contribution is 2.37. The molecule has 39 heavy (non-hydrogen) atoms. The molecule has 0 spiro atoms. The van der Waals surface area contributed by atoms with Gasteiger partial charge in [-0.15, -0.1) is 0 Å². The third-order valence-electron chi connectivity index (χ3n) is 5.14. The minimum atomic E-state index is -3.88. The number of carboxylic acids is 2. The third kappa shape index (κ3) is 8.09. The zero-order valence-corrected chi connectivity index (χ0v) is 23.7. The van der Waals surface area contributed by atoms with Crippen molar-refractivity contribution in [2.75, 3.05) is 11.9 Å². The van der Waals surface area contributed by atoms with E-state index in [1.54, 1.807) is 18.2 Å².